The molecule has 1 heterocycles. The summed E-state index contributed by atoms with van der Waals surface area (Å²) in [7, 11) is 0. The summed E-state index contributed by atoms with van der Waals surface area (Å²) in [6, 6.07) is 19.2. The lowest BCUT2D eigenvalue weighted by atomic mass is 9.96. The van der Waals surface area contributed by atoms with Gasteiger partial charge in [-0.2, -0.15) is 0 Å². The topological polar surface area (TPSA) is 38.9 Å². The molecule has 0 saturated carbocycles. The summed E-state index contributed by atoms with van der Waals surface area (Å²) < 4.78 is 0. The third-order valence-electron chi connectivity index (χ3n) is 3.89. The predicted octanol–water partition coefficient (Wildman–Crippen LogP) is 3.74. The second-order valence-electron chi connectivity index (χ2n) is 5.50. The molecule has 0 bridgehead atoms. The Morgan fingerprint density at radius 1 is 0.952 bits per heavy atom. The molecule has 0 aliphatic carbocycles. The minimum Gasteiger partial charge on any atom is -0.327 e. The number of nitrogens with two attached hydrogens (primary N) is 1. The molecule has 0 radical (unpaired) electrons. The highest BCUT2D eigenvalue weighted by atomic mass is 14.6. The Morgan fingerprint density at radius 2 is 1.81 bits per heavy atom. The highest BCUT2D eigenvalue weighted by molar-refractivity contribution is 5.85. The molecule has 3 aromatic rings. The van der Waals surface area contributed by atoms with E-state index in [-0.39, 0.29) is 6.04 Å². The first-order valence-corrected chi connectivity index (χ1v) is 7.44. The number of nitrogens with zero attached hydrogens (tertiary/aromatic N) is 1. The summed E-state index contributed by atoms with van der Waals surface area (Å²) in [6.07, 6.45) is 6.61. The first-order chi connectivity index (χ1) is 10.3. The summed E-state index contributed by atoms with van der Waals surface area (Å²) >= 11 is 0. The zero-order valence-electron chi connectivity index (χ0n) is 12.1. The molecule has 1 aromatic heterocycles. The van der Waals surface area contributed by atoms with E-state index in [0.29, 0.717) is 0 Å². The van der Waals surface area contributed by atoms with Crippen LogP contribution in [0.4, 0.5) is 0 Å². The summed E-state index contributed by atoms with van der Waals surface area (Å²) in [4.78, 5) is 4.15. The second kappa shape index (κ2) is 6.51. The number of pyridine rings is 1. The molecule has 2 nitrogen and oxygen atoms in total. The quantitative estimate of drug-likeness (QED) is 0.771. The average Bonchev–Trinajstić information content (AvgIpc) is 2.54. The van der Waals surface area contributed by atoms with Crippen LogP contribution in [0.5, 0.6) is 0 Å². The van der Waals surface area contributed by atoms with E-state index in [9.17, 15) is 0 Å². The van der Waals surface area contributed by atoms with Crippen molar-refractivity contribution < 1.29 is 0 Å². The Labute approximate surface area is 125 Å². The largest absolute Gasteiger partial charge is 0.327 e. The van der Waals surface area contributed by atoms with E-state index in [1.54, 1.807) is 6.20 Å². The van der Waals surface area contributed by atoms with Crippen LogP contribution in [-0.4, -0.2) is 11.0 Å². The van der Waals surface area contributed by atoms with Crippen molar-refractivity contribution in [3.63, 3.8) is 0 Å². The van der Waals surface area contributed by atoms with Crippen molar-refractivity contribution in [3.05, 3.63) is 78.1 Å². The first kappa shape index (κ1) is 13.8. The standard InChI is InChI=1S/C19H20N2/c20-18(11-10-15-5-4-12-21-14-15)13-17-8-3-7-16-6-1-2-9-19(16)17/h1-9,12,14,18H,10-11,13,20H2. The molecule has 0 aliphatic heterocycles. The highest BCUT2D eigenvalue weighted by Crippen LogP contribution is 2.20. The Kier molecular flexibility index (Phi) is 4.27. The molecular weight excluding hydrogens is 256 g/mol. The van der Waals surface area contributed by atoms with E-state index in [1.807, 2.05) is 12.3 Å². The first-order valence-electron chi connectivity index (χ1n) is 7.44. The van der Waals surface area contributed by atoms with Gasteiger partial charge in [0, 0.05) is 18.4 Å². The fourth-order valence-corrected chi connectivity index (χ4v) is 2.75. The third-order valence-corrected chi connectivity index (χ3v) is 3.89. The molecule has 0 amide bonds. The second-order valence-corrected chi connectivity index (χ2v) is 5.50. The van der Waals surface area contributed by atoms with E-state index >= 15 is 0 Å². The zero-order valence-corrected chi connectivity index (χ0v) is 12.1. The summed E-state index contributed by atoms with van der Waals surface area (Å²) in [5.74, 6) is 0. The maximum absolute atomic E-state index is 6.32. The van der Waals surface area contributed by atoms with Crippen molar-refractivity contribution in [2.45, 2.75) is 25.3 Å². The molecule has 2 aromatic carbocycles. The van der Waals surface area contributed by atoms with Gasteiger partial charge < -0.3 is 5.73 Å². The van der Waals surface area contributed by atoms with Crippen LogP contribution in [0.1, 0.15) is 17.5 Å². The van der Waals surface area contributed by atoms with Gasteiger partial charge in [0.2, 0.25) is 0 Å². The molecule has 0 fully saturated rings. The minimum absolute atomic E-state index is 0.177. The third kappa shape index (κ3) is 3.47. The number of hydrogen-bond donors (Lipinski definition) is 1. The number of hydrogen-bond acceptors (Lipinski definition) is 2. The van der Waals surface area contributed by atoms with Crippen LogP contribution >= 0.6 is 0 Å². The molecule has 106 valence electrons. The lowest BCUT2D eigenvalue weighted by Gasteiger charge is -2.13. The fraction of sp³-hybridized carbons (Fsp3) is 0.211. The summed E-state index contributed by atoms with van der Waals surface area (Å²) in [5, 5.41) is 2.60. The zero-order chi connectivity index (χ0) is 14.5. The van der Waals surface area contributed by atoms with E-state index in [4.69, 9.17) is 5.73 Å². The monoisotopic (exact) mass is 276 g/mol. The number of aryl methyl sites for hydroxylation is 1. The molecule has 0 aliphatic rings. The normalized spacial score (nSPS) is 12.4. The molecule has 1 unspecified atom stereocenters. The summed E-state index contributed by atoms with van der Waals surface area (Å²) in [6.45, 7) is 0. The van der Waals surface area contributed by atoms with E-state index in [1.165, 1.54) is 21.9 Å². The van der Waals surface area contributed by atoms with Gasteiger partial charge in [-0.1, -0.05) is 48.5 Å². The molecule has 21 heavy (non-hydrogen) atoms. The molecular formula is C19H20N2. The fourth-order valence-electron chi connectivity index (χ4n) is 2.75. The van der Waals surface area contributed by atoms with Gasteiger partial charge in [-0.05, 0) is 47.2 Å². The van der Waals surface area contributed by atoms with Crippen LogP contribution in [0, 0.1) is 0 Å². The van der Waals surface area contributed by atoms with Gasteiger partial charge in [0.1, 0.15) is 0 Å². The SMILES string of the molecule is NC(CCc1cccnc1)Cc1cccc2ccccc12. The Hall–Kier alpha value is -2.19. The predicted molar refractivity (Wildman–Crippen MR) is 88.2 cm³/mol. The lowest BCUT2D eigenvalue weighted by Crippen LogP contribution is -2.23. The summed E-state index contributed by atoms with van der Waals surface area (Å²) in [5.41, 5.74) is 8.92. The maximum Gasteiger partial charge on any atom is 0.0299 e. The number of rotatable bonds is 5. The number of aromatic nitrogens is 1. The van der Waals surface area contributed by atoms with Crippen molar-refractivity contribution in [2.24, 2.45) is 5.73 Å². The van der Waals surface area contributed by atoms with Gasteiger partial charge in [-0.25, -0.2) is 0 Å². The molecule has 0 spiro atoms. The van der Waals surface area contributed by atoms with E-state index in [2.05, 4.69) is 53.5 Å². The van der Waals surface area contributed by atoms with Crippen molar-refractivity contribution in [3.8, 4) is 0 Å². The van der Waals surface area contributed by atoms with Crippen LogP contribution in [0.15, 0.2) is 67.0 Å². The van der Waals surface area contributed by atoms with Gasteiger partial charge >= 0.3 is 0 Å². The molecule has 1 atom stereocenters. The Bertz CT molecular complexity index is 702. The van der Waals surface area contributed by atoms with E-state index in [0.717, 1.165) is 19.3 Å². The van der Waals surface area contributed by atoms with Gasteiger partial charge in [0.25, 0.3) is 0 Å². The maximum atomic E-state index is 6.32. The van der Waals surface area contributed by atoms with Crippen molar-refractivity contribution in [2.75, 3.05) is 0 Å². The van der Waals surface area contributed by atoms with Crippen LogP contribution < -0.4 is 5.73 Å². The van der Waals surface area contributed by atoms with Gasteiger partial charge in [-0.15, -0.1) is 0 Å². The molecule has 2 N–H and O–H groups in total. The molecule has 3 rings (SSSR count). The van der Waals surface area contributed by atoms with Crippen molar-refractivity contribution >= 4 is 10.8 Å². The van der Waals surface area contributed by atoms with E-state index < -0.39 is 0 Å². The number of fused-ring (bicyclic) bond motifs is 1. The Morgan fingerprint density at radius 3 is 2.67 bits per heavy atom. The lowest BCUT2D eigenvalue weighted by molar-refractivity contribution is 0.611. The van der Waals surface area contributed by atoms with Crippen LogP contribution in [0.25, 0.3) is 10.8 Å². The van der Waals surface area contributed by atoms with Gasteiger partial charge in [0.15, 0.2) is 0 Å². The van der Waals surface area contributed by atoms with Crippen LogP contribution in [0.2, 0.25) is 0 Å². The van der Waals surface area contributed by atoms with Gasteiger partial charge in [-0.3, -0.25) is 4.98 Å². The molecule has 0 saturated heterocycles. The average molecular weight is 276 g/mol. The Balaban J connectivity index is 1.67. The van der Waals surface area contributed by atoms with Crippen molar-refractivity contribution in [1.29, 1.82) is 0 Å². The minimum atomic E-state index is 0.177. The van der Waals surface area contributed by atoms with Gasteiger partial charge in [0.05, 0.1) is 0 Å². The molecule has 2 heteroatoms. The highest BCUT2D eigenvalue weighted by Gasteiger charge is 2.07. The van der Waals surface area contributed by atoms with Crippen LogP contribution in [0.3, 0.4) is 0 Å². The van der Waals surface area contributed by atoms with Crippen LogP contribution in [-0.2, 0) is 12.8 Å². The van der Waals surface area contributed by atoms with Crippen molar-refractivity contribution in [1.82, 2.24) is 4.98 Å². The number of benzene rings is 2. The smallest absolute Gasteiger partial charge is 0.0299 e.